The Labute approximate surface area is 165 Å². The number of amides is 1. The zero-order valence-electron chi connectivity index (χ0n) is 16.2. The van der Waals surface area contributed by atoms with Crippen LogP contribution in [0.4, 0.5) is 0 Å². The van der Waals surface area contributed by atoms with Crippen LogP contribution in [0.3, 0.4) is 0 Å². The summed E-state index contributed by atoms with van der Waals surface area (Å²) in [7, 11) is 1.39. The van der Waals surface area contributed by atoms with Gasteiger partial charge in [0.15, 0.2) is 0 Å². The Morgan fingerprint density at radius 3 is 2.50 bits per heavy atom. The Hall–Kier alpha value is -2.66. The van der Waals surface area contributed by atoms with E-state index in [9.17, 15) is 9.59 Å². The molecule has 2 aliphatic heterocycles. The van der Waals surface area contributed by atoms with Crippen molar-refractivity contribution in [2.45, 2.75) is 37.9 Å². The lowest BCUT2D eigenvalue weighted by Crippen LogP contribution is -2.51. The molecule has 1 amide bonds. The van der Waals surface area contributed by atoms with E-state index in [1.54, 1.807) is 4.90 Å². The van der Waals surface area contributed by atoms with Gasteiger partial charge in [0.25, 0.3) is 0 Å². The molecule has 4 rings (SSSR count). The summed E-state index contributed by atoms with van der Waals surface area (Å²) >= 11 is 0. The first-order chi connectivity index (χ1) is 13.7. The minimum absolute atomic E-state index is 0.00673. The van der Waals surface area contributed by atoms with Gasteiger partial charge < -0.3 is 9.64 Å². The lowest BCUT2D eigenvalue weighted by Gasteiger charge is -2.36. The Morgan fingerprint density at radius 2 is 1.75 bits per heavy atom. The minimum Gasteiger partial charge on any atom is -0.467 e. The number of carbonyl (C=O) groups excluding carboxylic acids is 2. The third kappa shape index (κ3) is 3.67. The van der Waals surface area contributed by atoms with Gasteiger partial charge in [0.2, 0.25) is 5.91 Å². The molecule has 0 N–H and O–H groups in total. The maximum Gasteiger partial charge on any atom is 0.328 e. The number of esters is 1. The van der Waals surface area contributed by atoms with E-state index in [1.165, 1.54) is 12.7 Å². The molecule has 5 heteroatoms. The molecule has 0 spiro atoms. The van der Waals surface area contributed by atoms with Gasteiger partial charge in [-0.05, 0) is 36.1 Å². The van der Waals surface area contributed by atoms with Gasteiger partial charge in [-0.3, -0.25) is 9.69 Å². The number of methoxy groups -OCH3 is 1. The van der Waals surface area contributed by atoms with Crippen molar-refractivity contribution < 1.29 is 14.3 Å². The molecule has 28 heavy (non-hydrogen) atoms. The van der Waals surface area contributed by atoms with Crippen molar-refractivity contribution in [3.8, 4) is 0 Å². The number of benzene rings is 2. The molecule has 5 nitrogen and oxygen atoms in total. The first-order valence-electron chi connectivity index (χ1n) is 9.90. The Bertz CT molecular complexity index is 852. The SMILES string of the molecule is COC(=O)C1Cc2ccccc2CN1C(=O)CN1CCCC1c1ccccc1. The van der Waals surface area contributed by atoms with Crippen LogP contribution in [-0.2, 0) is 27.3 Å². The molecule has 2 atom stereocenters. The minimum atomic E-state index is -0.551. The monoisotopic (exact) mass is 378 g/mol. The number of rotatable bonds is 4. The number of carbonyl (C=O) groups is 2. The number of nitrogens with zero attached hydrogens (tertiary/aromatic N) is 2. The van der Waals surface area contributed by atoms with Crippen LogP contribution in [-0.4, -0.2) is 47.9 Å². The highest BCUT2D eigenvalue weighted by atomic mass is 16.5. The molecular formula is C23H26N2O3. The molecule has 0 radical (unpaired) electrons. The molecular weight excluding hydrogens is 352 g/mol. The van der Waals surface area contributed by atoms with E-state index in [0.717, 1.165) is 30.5 Å². The molecule has 2 aromatic carbocycles. The highest BCUT2D eigenvalue weighted by molar-refractivity contribution is 5.86. The Kier molecular flexibility index (Phi) is 5.44. The van der Waals surface area contributed by atoms with Gasteiger partial charge in [0, 0.05) is 19.0 Å². The van der Waals surface area contributed by atoms with E-state index in [1.807, 2.05) is 42.5 Å². The van der Waals surface area contributed by atoms with Gasteiger partial charge in [-0.15, -0.1) is 0 Å². The maximum atomic E-state index is 13.2. The van der Waals surface area contributed by atoms with Gasteiger partial charge in [-0.25, -0.2) is 4.79 Å². The molecule has 2 unspecified atom stereocenters. The largest absolute Gasteiger partial charge is 0.467 e. The second-order valence-electron chi connectivity index (χ2n) is 7.57. The summed E-state index contributed by atoms with van der Waals surface area (Å²) in [6.07, 6.45) is 2.65. The van der Waals surface area contributed by atoms with Gasteiger partial charge >= 0.3 is 5.97 Å². The topological polar surface area (TPSA) is 49.9 Å². The molecule has 146 valence electrons. The van der Waals surface area contributed by atoms with Crippen molar-refractivity contribution in [2.24, 2.45) is 0 Å². The third-order valence-corrected chi connectivity index (χ3v) is 5.93. The number of hydrogen-bond acceptors (Lipinski definition) is 4. The summed E-state index contributed by atoms with van der Waals surface area (Å²) in [6, 6.07) is 18.1. The van der Waals surface area contributed by atoms with Crippen LogP contribution in [0.25, 0.3) is 0 Å². The van der Waals surface area contributed by atoms with Crippen molar-refractivity contribution in [1.82, 2.24) is 9.80 Å². The van der Waals surface area contributed by atoms with Gasteiger partial charge in [0.05, 0.1) is 13.7 Å². The average molecular weight is 378 g/mol. The number of fused-ring (bicyclic) bond motifs is 1. The predicted molar refractivity (Wildman–Crippen MR) is 106 cm³/mol. The van der Waals surface area contributed by atoms with Crippen molar-refractivity contribution in [2.75, 3.05) is 20.2 Å². The van der Waals surface area contributed by atoms with E-state index < -0.39 is 6.04 Å². The number of hydrogen-bond donors (Lipinski definition) is 0. The fourth-order valence-corrected chi connectivity index (χ4v) is 4.46. The number of ether oxygens (including phenoxy) is 1. The summed E-state index contributed by atoms with van der Waals surface area (Å²) in [6.45, 7) is 1.69. The molecule has 2 aliphatic rings. The fraction of sp³-hybridized carbons (Fsp3) is 0.391. The molecule has 0 saturated carbocycles. The maximum absolute atomic E-state index is 13.2. The van der Waals surface area contributed by atoms with Gasteiger partial charge in [0.1, 0.15) is 6.04 Å². The first-order valence-corrected chi connectivity index (χ1v) is 9.90. The zero-order chi connectivity index (χ0) is 19.5. The predicted octanol–water partition coefficient (Wildman–Crippen LogP) is 2.95. The summed E-state index contributed by atoms with van der Waals surface area (Å²) in [5, 5.41) is 0. The summed E-state index contributed by atoms with van der Waals surface area (Å²) in [5.41, 5.74) is 3.48. The lowest BCUT2D eigenvalue weighted by molar-refractivity contribution is -0.154. The molecule has 2 aromatic rings. The van der Waals surface area contributed by atoms with Crippen LogP contribution in [0.2, 0.25) is 0 Å². The molecule has 0 aliphatic carbocycles. The second-order valence-corrected chi connectivity index (χ2v) is 7.57. The second kappa shape index (κ2) is 8.15. The summed E-state index contributed by atoms with van der Waals surface area (Å²) < 4.78 is 5.00. The molecule has 0 aromatic heterocycles. The Morgan fingerprint density at radius 1 is 1.04 bits per heavy atom. The first kappa shape index (κ1) is 18.7. The smallest absolute Gasteiger partial charge is 0.328 e. The van der Waals surface area contributed by atoms with E-state index in [2.05, 4.69) is 17.0 Å². The summed E-state index contributed by atoms with van der Waals surface area (Å²) in [4.78, 5) is 29.6. The summed E-state index contributed by atoms with van der Waals surface area (Å²) in [5.74, 6) is -0.350. The van der Waals surface area contributed by atoms with E-state index in [0.29, 0.717) is 19.5 Å². The average Bonchev–Trinajstić information content (AvgIpc) is 3.20. The normalized spacial score (nSPS) is 22.0. The van der Waals surface area contributed by atoms with Crippen LogP contribution in [0.5, 0.6) is 0 Å². The molecule has 1 fully saturated rings. The van der Waals surface area contributed by atoms with Gasteiger partial charge in [-0.2, -0.15) is 0 Å². The van der Waals surface area contributed by atoms with Crippen molar-refractivity contribution in [1.29, 1.82) is 0 Å². The third-order valence-electron chi connectivity index (χ3n) is 5.93. The van der Waals surface area contributed by atoms with E-state index in [-0.39, 0.29) is 17.9 Å². The van der Waals surface area contributed by atoms with Crippen LogP contribution < -0.4 is 0 Å². The molecule has 1 saturated heterocycles. The highest BCUT2D eigenvalue weighted by Crippen LogP contribution is 2.32. The zero-order valence-corrected chi connectivity index (χ0v) is 16.2. The standard InChI is InChI=1S/C23H26N2O3/c1-28-23(27)21-14-18-10-5-6-11-19(18)15-25(21)22(26)16-24-13-7-12-20(24)17-8-3-2-4-9-17/h2-6,8-11,20-21H,7,12-16H2,1H3. The highest BCUT2D eigenvalue weighted by Gasteiger charge is 2.37. The van der Waals surface area contributed by atoms with Crippen LogP contribution >= 0.6 is 0 Å². The lowest BCUT2D eigenvalue weighted by atomic mass is 9.94. The fourth-order valence-electron chi connectivity index (χ4n) is 4.46. The van der Waals surface area contributed by atoms with Crippen LogP contribution in [0.1, 0.15) is 35.6 Å². The van der Waals surface area contributed by atoms with Crippen molar-refractivity contribution in [3.05, 3.63) is 71.3 Å². The van der Waals surface area contributed by atoms with E-state index >= 15 is 0 Å². The van der Waals surface area contributed by atoms with Crippen LogP contribution in [0, 0.1) is 0 Å². The molecule has 2 heterocycles. The van der Waals surface area contributed by atoms with E-state index in [4.69, 9.17) is 4.74 Å². The van der Waals surface area contributed by atoms with Crippen molar-refractivity contribution >= 4 is 11.9 Å². The van der Waals surface area contributed by atoms with Crippen LogP contribution in [0.15, 0.2) is 54.6 Å². The van der Waals surface area contributed by atoms with Gasteiger partial charge in [-0.1, -0.05) is 54.6 Å². The van der Waals surface area contributed by atoms with Crippen molar-refractivity contribution in [3.63, 3.8) is 0 Å². The Balaban J connectivity index is 1.53. The number of likely N-dealkylation sites (tertiary alicyclic amines) is 1. The quantitative estimate of drug-likeness (QED) is 0.768. The molecule has 0 bridgehead atoms.